The van der Waals surface area contributed by atoms with Crippen LogP contribution < -0.4 is 10.2 Å². The van der Waals surface area contributed by atoms with Crippen LogP contribution in [0.1, 0.15) is 277 Å². The molecule has 0 aromatic carbocycles. The predicted molar refractivity (Wildman–Crippen MR) is 279 cm³/mol. The molecule has 0 radical (unpaired) electrons. The number of nitrogens with zero attached hydrogens (tertiary/aromatic N) is 1. The summed E-state index contributed by atoms with van der Waals surface area (Å²) in [5.74, 6) is -0.196. The van der Waals surface area contributed by atoms with Crippen molar-refractivity contribution in [2.75, 3.05) is 40.9 Å². The third-order valence-electron chi connectivity index (χ3n) is 12.9. The normalized spacial score (nSPS) is 14.1. The molecule has 0 aliphatic carbocycles. The summed E-state index contributed by atoms with van der Waals surface area (Å²) in [5, 5.41) is 13.9. The highest BCUT2D eigenvalue weighted by atomic mass is 31.2. The highest BCUT2D eigenvalue weighted by Gasteiger charge is 2.23. The second kappa shape index (κ2) is 48.0. The third kappa shape index (κ3) is 50.7. The highest BCUT2D eigenvalue weighted by Crippen LogP contribution is 2.38. The van der Waals surface area contributed by atoms with E-state index < -0.39 is 20.0 Å². The number of likely N-dealkylation sites (N-methyl/N-ethyl adjacent to an activating group) is 1. The number of phosphoric acid groups is 1. The van der Waals surface area contributed by atoms with Crippen molar-refractivity contribution < 1.29 is 32.9 Å². The summed E-state index contributed by atoms with van der Waals surface area (Å²) in [4.78, 5) is 25.5. The lowest BCUT2D eigenvalue weighted by molar-refractivity contribution is -0.870. The number of hydrogen-bond donors (Lipinski definition) is 2. The van der Waals surface area contributed by atoms with Gasteiger partial charge in [0.1, 0.15) is 13.2 Å². The average Bonchev–Trinajstić information content (AvgIpc) is 3.26. The number of unbranched alkanes of at least 4 members (excludes halogenated alkanes) is 37. The molecule has 0 bridgehead atoms. The van der Waals surface area contributed by atoms with Gasteiger partial charge in [0.2, 0.25) is 5.91 Å². The Hall–Kier alpha value is -1.02. The molecule has 2 N–H and O–H groups in total. The molecule has 0 saturated heterocycles. The molecule has 0 aliphatic rings. The summed E-state index contributed by atoms with van der Waals surface area (Å²) in [6.45, 7) is 4.68. The van der Waals surface area contributed by atoms with E-state index in [9.17, 15) is 19.4 Å². The summed E-state index contributed by atoms with van der Waals surface area (Å²) in [7, 11) is 1.27. The Kier molecular flexibility index (Phi) is 47.3. The van der Waals surface area contributed by atoms with E-state index in [1.165, 1.54) is 218 Å². The van der Waals surface area contributed by atoms with Crippen LogP contribution in [0.15, 0.2) is 24.3 Å². The minimum Gasteiger partial charge on any atom is -0.756 e. The molecule has 0 aromatic heterocycles. The van der Waals surface area contributed by atoms with E-state index in [1.807, 2.05) is 27.2 Å². The van der Waals surface area contributed by atoms with Crippen LogP contribution in [0.25, 0.3) is 0 Å². The van der Waals surface area contributed by atoms with Gasteiger partial charge in [-0.1, -0.05) is 250 Å². The number of carbonyl (C=O) groups is 1. The van der Waals surface area contributed by atoms with Gasteiger partial charge in [0, 0.05) is 6.42 Å². The minimum atomic E-state index is -4.59. The standard InChI is InChI=1S/C56H111N2O6P/c1-6-8-10-12-14-16-18-20-22-24-26-28-30-31-33-35-37-39-41-43-45-47-49-55(59)54(53-64-65(61,62)63-52-51-58(3,4)5)57-56(60)50-48-46-44-42-40-38-36-34-32-29-27-25-23-21-19-17-15-13-11-9-7-2/h25,27,47,49,54-55,59H,6-24,26,28-46,48,50-53H2,1-5H3,(H-,57,60,61,62)/b27-25-,49-47+. The summed E-state index contributed by atoms with van der Waals surface area (Å²) in [6, 6.07) is -0.886. The maximum absolute atomic E-state index is 12.9. The van der Waals surface area contributed by atoms with E-state index in [1.54, 1.807) is 6.08 Å². The lowest BCUT2D eigenvalue weighted by Crippen LogP contribution is -2.45. The van der Waals surface area contributed by atoms with E-state index in [-0.39, 0.29) is 19.1 Å². The number of nitrogens with one attached hydrogen (secondary N) is 1. The van der Waals surface area contributed by atoms with Crippen molar-refractivity contribution in [3.63, 3.8) is 0 Å². The van der Waals surface area contributed by atoms with Crippen molar-refractivity contribution >= 4 is 13.7 Å². The molecule has 0 spiro atoms. The number of amides is 1. The van der Waals surface area contributed by atoms with Crippen LogP contribution in [0, 0.1) is 0 Å². The van der Waals surface area contributed by atoms with Crippen LogP contribution in [-0.2, 0) is 18.4 Å². The van der Waals surface area contributed by atoms with Crippen LogP contribution in [0.3, 0.4) is 0 Å². The second-order valence-electron chi connectivity index (χ2n) is 20.6. The molecule has 3 unspecified atom stereocenters. The van der Waals surface area contributed by atoms with E-state index in [4.69, 9.17) is 9.05 Å². The molecule has 386 valence electrons. The van der Waals surface area contributed by atoms with Gasteiger partial charge in [-0.15, -0.1) is 0 Å². The Balaban J connectivity index is 4.23. The van der Waals surface area contributed by atoms with Crippen molar-refractivity contribution in [3.8, 4) is 0 Å². The highest BCUT2D eigenvalue weighted by molar-refractivity contribution is 7.45. The molecule has 0 heterocycles. The molecule has 9 heteroatoms. The van der Waals surface area contributed by atoms with E-state index in [2.05, 4.69) is 31.3 Å². The lowest BCUT2D eigenvalue weighted by Gasteiger charge is -2.29. The molecular formula is C56H111N2O6P. The third-order valence-corrected chi connectivity index (χ3v) is 13.9. The molecule has 0 aromatic rings. The van der Waals surface area contributed by atoms with Gasteiger partial charge in [0.15, 0.2) is 0 Å². The summed E-state index contributed by atoms with van der Waals surface area (Å²) < 4.78 is 23.3. The Labute approximate surface area is 404 Å². The Morgan fingerprint density at radius 1 is 0.523 bits per heavy atom. The van der Waals surface area contributed by atoms with Crippen molar-refractivity contribution in [2.45, 2.75) is 289 Å². The van der Waals surface area contributed by atoms with Crippen molar-refractivity contribution in [1.82, 2.24) is 5.32 Å². The first kappa shape index (κ1) is 64.0. The number of quaternary nitrogens is 1. The molecule has 0 fully saturated rings. The van der Waals surface area contributed by atoms with Crippen LogP contribution in [0.2, 0.25) is 0 Å². The summed E-state index contributed by atoms with van der Waals surface area (Å²) >= 11 is 0. The number of carbonyl (C=O) groups excluding carboxylic acids is 1. The Bertz CT molecular complexity index is 1110. The van der Waals surface area contributed by atoms with Gasteiger partial charge in [-0.2, -0.15) is 0 Å². The van der Waals surface area contributed by atoms with Gasteiger partial charge >= 0.3 is 0 Å². The molecule has 0 saturated carbocycles. The number of allylic oxidation sites excluding steroid dienone is 3. The van der Waals surface area contributed by atoms with Gasteiger partial charge in [-0.3, -0.25) is 9.36 Å². The topological polar surface area (TPSA) is 108 Å². The van der Waals surface area contributed by atoms with Crippen LogP contribution in [0.4, 0.5) is 0 Å². The van der Waals surface area contributed by atoms with Crippen LogP contribution in [0.5, 0.6) is 0 Å². The fourth-order valence-electron chi connectivity index (χ4n) is 8.44. The number of aliphatic hydroxyl groups excluding tert-OH is 1. The van der Waals surface area contributed by atoms with Crippen molar-refractivity contribution in [2.24, 2.45) is 0 Å². The maximum Gasteiger partial charge on any atom is 0.268 e. The van der Waals surface area contributed by atoms with Crippen molar-refractivity contribution in [3.05, 3.63) is 24.3 Å². The Morgan fingerprint density at radius 2 is 0.846 bits per heavy atom. The molecule has 3 atom stereocenters. The first-order valence-corrected chi connectivity index (χ1v) is 29.7. The molecular weight excluding hydrogens is 828 g/mol. The average molecular weight is 939 g/mol. The number of hydrogen-bond acceptors (Lipinski definition) is 6. The van der Waals surface area contributed by atoms with E-state index >= 15 is 0 Å². The molecule has 0 aliphatic heterocycles. The van der Waals surface area contributed by atoms with Gasteiger partial charge in [0.25, 0.3) is 7.82 Å². The van der Waals surface area contributed by atoms with Crippen molar-refractivity contribution in [1.29, 1.82) is 0 Å². The zero-order chi connectivity index (χ0) is 47.8. The van der Waals surface area contributed by atoms with Crippen LogP contribution >= 0.6 is 7.82 Å². The molecule has 1 amide bonds. The van der Waals surface area contributed by atoms with E-state index in [0.29, 0.717) is 17.4 Å². The number of phosphoric ester groups is 1. The SMILES string of the molecule is CCCCCCCCCC/C=C\CCCCCCCCCCCC(=O)NC(COP(=O)([O-])OCC[N+](C)(C)C)C(O)/C=C/CCCCCCCCCCCCCCCCCCCCCC. The predicted octanol–water partition coefficient (Wildman–Crippen LogP) is 16.2. The molecule has 65 heavy (non-hydrogen) atoms. The number of aliphatic hydroxyl groups is 1. The quantitative estimate of drug-likeness (QED) is 0.0272. The van der Waals surface area contributed by atoms with Gasteiger partial charge in [-0.05, 0) is 44.9 Å². The number of rotatable bonds is 52. The maximum atomic E-state index is 12.9. The smallest absolute Gasteiger partial charge is 0.268 e. The van der Waals surface area contributed by atoms with Gasteiger partial charge < -0.3 is 28.8 Å². The van der Waals surface area contributed by atoms with Crippen LogP contribution in [-0.4, -0.2) is 68.5 Å². The van der Waals surface area contributed by atoms with Gasteiger partial charge in [-0.25, -0.2) is 0 Å². The first-order chi connectivity index (χ1) is 31.5. The fourth-order valence-corrected chi connectivity index (χ4v) is 9.17. The Morgan fingerprint density at radius 3 is 1.20 bits per heavy atom. The lowest BCUT2D eigenvalue weighted by atomic mass is 10.0. The summed E-state index contributed by atoms with van der Waals surface area (Å²) in [5.41, 5.74) is 0. The molecule has 8 nitrogen and oxygen atoms in total. The monoisotopic (exact) mass is 939 g/mol. The molecule has 0 rings (SSSR count). The van der Waals surface area contributed by atoms with E-state index in [0.717, 1.165) is 38.5 Å². The summed E-state index contributed by atoms with van der Waals surface area (Å²) in [6.07, 6.45) is 59.6. The van der Waals surface area contributed by atoms with Gasteiger partial charge in [0.05, 0.1) is 39.9 Å². The zero-order valence-corrected chi connectivity index (χ0v) is 44.9. The largest absolute Gasteiger partial charge is 0.756 e. The second-order valence-corrected chi connectivity index (χ2v) is 22.1. The first-order valence-electron chi connectivity index (χ1n) is 28.2. The minimum absolute atomic E-state index is 0.000306. The zero-order valence-electron chi connectivity index (χ0n) is 44.0. The fraction of sp³-hybridized carbons (Fsp3) is 0.911.